The zero-order chi connectivity index (χ0) is 17.8. The van der Waals surface area contributed by atoms with Gasteiger partial charge >= 0.3 is 0 Å². The smallest absolute Gasteiger partial charge is 0.255 e. The molecule has 0 saturated heterocycles. The lowest BCUT2D eigenvalue weighted by atomic mass is 10.2. The molecular weight excluding hydrogens is 316 g/mol. The fourth-order valence-corrected chi connectivity index (χ4v) is 2.64. The van der Waals surface area contributed by atoms with E-state index < -0.39 is 0 Å². The van der Waals surface area contributed by atoms with Crippen LogP contribution in [-0.2, 0) is 6.54 Å². The zero-order valence-corrected chi connectivity index (χ0v) is 14.9. The molecule has 2 aromatic rings. The van der Waals surface area contributed by atoms with E-state index in [1.54, 1.807) is 19.4 Å². The summed E-state index contributed by atoms with van der Waals surface area (Å²) in [5.74, 6) is 1.36. The van der Waals surface area contributed by atoms with Gasteiger partial charge in [-0.05, 0) is 50.5 Å². The number of rotatable bonds is 7. The zero-order valence-electron chi connectivity index (χ0n) is 14.9. The van der Waals surface area contributed by atoms with E-state index in [2.05, 4.69) is 15.3 Å². The van der Waals surface area contributed by atoms with Crippen LogP contribution in [0.5, 0.6) is 5.88 Å². The number of carbonyl (C=O) groups is 1. The summed E-state index contributed by atoms with van der Waals surface area (Å²) in [6, 6.07) is 7.78. The summed E-state index contributed by atoms with van der Waals surface area (Å²) in [6.07, 6.45) is 5.53. The van der Waals surface area contributed by atoms with E-state index in [-0.39, 0.29) is 12.0 Å². The van der Waals surface area contributed by atoms with E-state index >= 15 is 0 Å². The van der Waals surface area contributed by atoms with Crippen LogP contribution in [-0.4, -0.2) is 40.0 Å². The number of nitrogens with one attached hydrogen (secondary N) is 1. The average Bonchev–Trinajstić information content (AvgIpc) is 3.44. The van der Waals surface area contributed by atoms with Crippen molar-refractivity contribution in [2.45, 2.75) is 45.4 Å². The molecule has 25 heavy (non-hydrogen) atoms. The predicted molar refractivity (Wildman–Crippen MR) is 96.7 cm³/mol. The van der Waals surface area contributed by atoms with Crippen LogP contribution in [0.25, 0.3) is 0 Å². The molecule has 1 aliphatic carbocycles. The Hall–Kier alpha value is -2.63. The second-order valence-electron chi connectivity index (χ2n) is 6.52. The van der Waals surface area contributed by atoms with Gasteiger partial charge < -0.3 is 15.0 Å². The van der Waals surface area contributed by atoms with E-state index in [9.17, 15) is 4.79 Å². The van der Waals surface area contributed by atoms with Crippen molar-refractivity contribution >= 4 is 11.7 Å². The fraction of sp³-hybridized carbons (Fsp3) is 0.421. The lowest BCUT2D eigenvalue weighted by molar-refractivity contribution is 0.0729. The molecule has 6 nitrogen and oxygen atoms in total. The first-order valence-electron chi connectivity index (χ1n) is 8.63. The third kappa shape index (κ3) is 4.47. The average molecular weight is 340 g/mol. The highest BCUT2D eigenvalue weighted by Gasteiger charge is 2.33. The van der Waals surface area contributed by atoms with E-state index in [4.69, 9.17) is 4.74 Å². The van der Waals surface area contributed by atoms with E-state index in [0.717, 1.165) is 24.2 Å². The van der Waals surface area contributed by atoms with Crippen LogP contribution < -0.4 is 10.1 Å². The molecule has 1 amide bonds. The standard InChI is InChI=1S/C19H24N4O2/c1-13(2)25-18-10-14(8-9-21-18)12-23(16-5-6-16)19(24)15-4-7-17(20-3)22-11-15/h4,7-11,13,16H,5-6,12H2,1-3H3,(H,20,22). The van der Waals surface area contributed by atoms with Gasteiger partial charge in [0.05, 0.1) is 11.7 Å². The highest BCUT2D eigenvalue weighted by molar-refractivity contribution is 5.94. The molecule has 1 fully saturated rings. The van der Waals surface area contributed by atoms with Gasteiger partial charge in [-0.25, -0.2) is 9.97 Å². The molecular formula is C19H24N4O2. The number of pyridine rings is 2. The predicted octanol–water partition coefficient (Wildman–Crippen LogP) is 3.11. The van der Waals surface area contributed by atoms with Crippen LogP contribution in [0.3, 0.4) is 0 Å². The summed E-state index contributed by atoms with van der Waals surface area (Å²) in [7, 11) is 1.81. The summed E-state index contributed by atoms with van der Waals surface area (Å²) >= 11 is 0. The van der Waals surface area contributed by atoms with Crippen LogP contribution in [0.1, 0.15) is 42.6 Å². The van der Waals surface area contributed by atoms with Crippen molar-refractivity contribution < 1.29 is 9.53 Å². The molecule has 132 valence electrons. The van der Waals surface area contributed by atoms with Gasteiger partial charge in [0.1, 0.15) is 5.82 Å². The van der Waals surface area contributed by atoms with E-state index in [1.165, 1.54) is 0 Å². The Labute approximate surface area is 148 Å². The largest absolute Gasteiger partial charge is 0.475 e. The lowest BCUT2D eigenvalue weighted by Crippen LogP contribution is -2.32. The van der Waals surface area contributed by atoms with Crippen molar-refractivity contribution in [3.05, 3.63) is 47.8 Å². The van der Waals surface area contributed by atoms with Gasteiger partial charge in [-0.15, -0.1) is 0 Å². The van der Waals surface area contributed by atoms with Crippen LogP contribution in [0.2, 0.25) is 0 Å². The van der Waals surface area contributed by atoms with Crippen molar-refractivity contribution in [3.8, 4) is 5.88 Å². The Morgan fingerprint density at radius 1 is 1.32 bits per heavy atom. The minimum Gasteiger partial charge on any atom is -0.475 e. The maximum atomic E-state index is 12.9. The van der Waals surface area contributed by atoms with Crippen molar-refractivity contribution in [1.82, 2.24) is 14.9 Å². The Kier molecular flexibility index (Phi) is 5.16. The van der Waals surface area contributed by atoms with Crippen LogP contribution >= 0.6 is 0 Å². The van der Waals surface area contributed by atoms with Gasteiger partial charge in [0.2, 0.25) is 5.88 Å². The Morgan fingerprint density at radius 2 is 2.12 bits per heavy atom. The molecule has 0 radical (unpaired) electrons. The first kappa shape index (κ1) is 17.2. The summed E-state index contributed by atoms with van der Waals surface area (Å²) < 4.78 is 5.65. The number of carbonyl (C=O) groups excluding carboxylic acids is 1. The SMILES string of the molecule is CNc1ccc(C(=O)N(Cc2ccnc(OC(C)C)c2)C2CC2)cn1. The minimum absolute atomic E-state index is 0.0146. The topological polar surface area (TPSA) is 67.4 Å². The second-order valence-corrected chi connectivity index (χ2v) is 6.52. The first-order valence-corrected chi connectivity index (χ1v) is 8.63. The molecule has 2 aromatic heterocycles. The van der Waals surface area contributed by atoms with Gasteiger partial charge in [0.15, 0.2) is 0 Å². The lowest BCUT2D eigenvalue weighted by Gasteiger charge is -2.23. The van der Waals surface area contributed by atoms with Gasteiger partial charge in [-0.2, -0.15) is 0 Å². The van der Waals surface area contributed by atoms with Gasteiger partial charge in [0, 0.05) is 38.1 Å². The normalized spacial score (nSPS) is 13.6. The van der Waals surface area contributed by atoms with Crippen molar-refractivity contribution in [1.29, 1.82) is 0 Å². The number of nitrogens with zero attached hydrogens (tertiary/aromatic N) is 3. The Bertz CT molecular complexity index is 726. The molecule has 1 saturated carbocycles. The first-order chi connectivity index (χ1) is 12.1. The van der Waals surface area contributed by atoms with Gasteiger partial charge in [0.25, 0.3) is 5.91 Å². The number of ether oxygens (including phenoxy) is 1. The molecule has 0 aromatic carbocycles. The van der Waals surface area contributed by atoms with Crippen molar-refractivity contribution in [3.63, 3.8) is 0 Å². The number of aromatic nitrogens is 2. The highest BCUT2D eigenvalue weighted by atomic mass is 16.5. The number of hydrogen-bond acceptors (Lipinski definition) is 5. The van der Waals surface area contributed by atoms with E-state index in [1.807, 2.05) is 43.0 Å². The molecule has 3 rings (SSSR count). The molecule has 6 heteroatoms. The maximum Gasteiger partial charge on any atom is 0.255 e. The Balaban J connectivity index is 1.76. The van der Waals surface area contributed by atoms with Crippen molar-refractivity contribution in [2.75, 3.05) is 12.4 Å². The van der Waals surface area contributed by atoms with Gasteiger partial charge in [-0.1, -0.05) is 0 Å². The molecule has 0 unspecified atom stereocenters. The number of hydrogen-bond donors (Lipinski definition) is 1. The van der Waals surface area contributed by atoms with Crippen LogP contribution in [0, 0.1) is 0 Å². The number of amides is 1. The maximum absolute atomic E-state index is 12.9. The molecule has 1 N–H and O–H groups in total. The molecule has 0 bridgehead atoms. The minimum atomic E-state index is 0.0146. The molecule has 0 spiro atoms. The third-order valence-corrected chi connectivity index (χ3v) is 4.02. The summed E-state index contributed by atoms with van der Waals surface area (Å²) in [6.45, 7) is 4.49. The fourth-order valence-electron chi connectivity index (χ4n) is 2.64. The molecule has 0 aliphatic heterocycles. The van der Waals surface area contributed by atoms with Gasteiger partial charge in [-0.3, -0.25) is 4.79 Å². The highest BCUT2D eigenvalue weighted by Crippen LogP contribution is 2.30. The Morgan fingerprint density at radius 3 is 2.72 bits per heavy atom. The summed E-state index contributed by atoms with van der Waals surface area (Å²) in [5.41, 5.74) is 1.63. The van der Waals surface area contributed by atoms with E-state index in [0.29, 0.717) is 24.0 Å². The quantitative estimate of drug-likeness (QED) is 0.839. The van der Waals surface area contributed by atoms with Crippen molar-refractivity contribution in [2.24, 2.45) is 0 Å². The summed E-state index contributed by atoms with van der Waals surface area (Å²) in [5, 5.41) is 2.96. The molecule has 2 heterocycles. The monoisotopic (exact) mass is 340 g/mol. The third-order valence-electron chi connectivity index (χ3n) is 4.02. The second kappa shape index (κ2) is 7.51. The van der Waals surface area contributed by atoms with Crippen LogP contribution in [0.4, 0.5) is 5.82 Å². The molecule has 1 aliphatic rings. The summed E-state index contributed by atoms with van der Waals surface area (Å²) in [4.78, 5) is 23.3. The number of anilines is 1. The van der Waals surface area contributed by atoms with Crippen LogP contribution in [0.15, 0.2) is 36.7 Å². The molecule has 0 atom stereocenters.